The van der Waals surface area contributed by atoms with Crippen LogP contribution in [-0.2, 0) is 25.6 Å². The van der Waals surface area contributed by atoms with E-state index in [4.69, 9.17) is 9.47 Å². The molecule has 9 heteroatoms. The first kappa shape index (κ1) is 20.0. The molecule has 0 bridgehead atoms. The van der Waals surface area contributed by atoms with Crippen LogP contribution in [0.3, 0.4) is 0 Å². The minimum atomic E-state index is -0.395. The summed E-state index contributed by atoms with van der Waals surface area (Å²) in [7, 11) is 1.34. The summed E-state index contributed by atoms with van der Waals surface area (Å²) in [6, 6.07) is 0. The third-order valence-electron chi connectivity index (χ3n) is 5.31. The molecule has 1 N–H and O–H groups in total. The summed E-state index contributed by atoms with van der Waals surface area (Å²) < 4.78 is 11.4. The van der Waals surface area contributed by atoms with Crippen LogP contribution in [0.4, 0.5) is 5.82 Å². The van der Waals surface area contributed by atoms with E-state index in [1.54, 1.807) is 6.20 Å². The first-order valence-corrected chi connectivity index (χ1v) is 9.70. The Morgan fingerprint density at radius 1 is 1.21 bits per heavy atom. The van der Waals surface area contributed by atoms with Gasteiger partial charge in [0, 0.05) is 6.54 Å². The second-order valence-corrected chi connectivity index (χ2v) is 7.23. The lowest BCUT2D eigenvalue weighted by molar-refractivity contribution is -0.146. The summed E-state index contributed by atoms with van der Waals surface area (Å²) in [5, 5.41) is 8.36. The normalized spacial score (nSPS) is 15.9. The zero-order valence-electron chi connectivity index (χ0n) is 16.4. The molecule has 0 amide bonds. The Morgan fingerprint density at radius 3 is 2.71 bits per heavy atom. The largest absolute Gasteiger partial charge is 0.468 e. The maximum absolute atomic E-state index is 12.1. The molecule has 152 valence electrons. The summed E-state index contributed by atoms with van der Waals surface area (Å²) in [4.78, 5) is 32.3. The fourth-order valence-corrected chi connectivity index (χ4v) is 3.84. The van der Waals surface area contributed by atoms with Crippen LogP contribution in [0.25, 0.3) is 11.0 Å². The van der Waals surface area contributed by atoms with E-state index in [0.29, 0.717) is 31.0 Å². The topological polar surface area (TPSA) is 108 Å². The quantitative estimate of drug-likeness (QED) is 0.685. The van der Waals surface area contributed by atoms with E-state index in [9.17, 15) is 9.59 Å². The van der Waals surface area contributed by atoms with Gasteiger partial charge < -0.3 is 14.8 Å². The van der Waals surface area contributed by atoms with Gasteiger partial charge in [0.25, 0.3) is 0 Å². The number of fused-ring (bicyclic) bond motifs is 1. The molecule has 2 aromatic heterocycles. The van der Waals surface area contributed by atoms with Gasteiger partial charge in [0.15, 0.2) is 5.65 Å². The van der Waals surface area contributed by atoms with Crippen molar-refractivity contribution in [1.29, 1.82) is 0 Å². The molecule has 0 spiro atoms. The Hall–Kier alpha value is -2.71. The molecular formula is C19H27N5O4. The van der Waals surface area contributed by atoms with Crippen LogP contribution in [0.1, 0.15) is 45.4 Å². The molecule has 0 radical (unpaired) electrons. The van der Waals surface area contributed by atoms with E-state index in [0.717, 1.165) is 31.1 Å². The third-order valence-corrected chi connectivity index (χ3v) is 5.31. The van der Waals surface area contributed by atoms with Gasteiger partial charge >= 0.3 is 11.9 Å². The van der Waals surface area contributed by atoms with E-state index >= 15 is 0 Å². The molecule has 0 aromatic carbocycles. The maximum Gasteiger partial charge on any atom is 0.327 e. The molecule has 0 unspecified atom stereocenters. The van der Waals surface area contributed by atoms with Crippen molar-refractivity contribution in [2.24, 2.45) is 5.41 Å². The Bertz CT molecular complexity index is 829. The summed E-state index contributed by atoms with van der Waals surface area (Å²) in [5.74, 6) is 0.105. The summed E-state index contributed by atoms with van der Waals surface area (Å²) in [5.41, 5.74) is 0.426. The van der Waals surface area contributed by atoms with Crippen molar-refractivity contribution in [3.8, 4) is 0 Å². The number of ether oxygens (including phenoxy) is 2. The molecule has 1 saturated carbocycles. The highest BCUT2D eigenvalue weighted by atomic mass is 16.5. The number of carbonyl (C=O) groups is 2. The van der Waals surface area contributed by atoms with E-state index in [1.165, 1.54) is 24.5 Å². The van der Waals surface area contributed by atoms with Gasteiger partial charge in [-0.3, -0.25) is 9.59 Å². The zero-order chi connectivity index (χ0) is 20.0. The van der Waals surface area contributed by atoms with E-state index in [-0.39, 0.29) is 17.9 Å². The number of nitrogens with one attached hydrogen (secondary N) is 1. The SMILES string of the molecule is CCOC(=O)CC1(CNc2ncnc3c2cnn3CC(=O)OC)CCCCC1. The van der Waals surface area contributed by atoms with Crippen LogP contribution in [0.15, 0.2) is 12.5 Å². The number of hydrogen-bond acceptors (Lipinski definition) is 8. The van der Waals surface area contributed by atoms with Gasteiger partial charge in [-0.1, -0.05) is 19.3 Å². The number of carbonyl (C=O) groups excluding carboxylic acids is 2. The van der Waals surface area contributed by atoms with E-state index in [1.807, 2.05) is 6.92 Å². The number of nitrogens with zero attached hydrogens (tertiary/aromatic N) is 4. The standard InChI is InChI=1S/C19H27N5O4/c1-3-28-15(25)9-19(7-5-4-6-8-19)12-20-17-14-10-23-24(11-16(26)27-2)18(14)22-13-21-17/h10,13H,3-9,11-12H2,1-2H3,(H,20,21,22). The van der Waals surface area contributed by atoms with Gasteiger partial charge in [0.1, 0.15) is 18.7 Å². The lowest BCUT2D eigenvalue weighted by atomic mass is 9.71. The zero-order valence-corrected chi connectivity index (χ0v) is 16.4. The summed E-state index contributed by atoms with van der Waals surface area (Å²) >= 11 is 0. The molecule has 1 fully saturated rings. The lowest BCUT2D eigenvalue weighted by Crippen LogP contribution is -2.35. The fraction of sp³-hybridized carbons (Fsp3) is 0.632. The van der Waals surface area contributed by atoms with Crippen molar-refractivity contribution in [1.82, 2.24) is 19.7 Å². The monoisotopic (exact) mass is 389 g/mol. The highest BCUT2D eigenvalue weighted by molar-refractivity contribution is 5.87. The Morgan fingerprint density at radius 2 is 2.00 bits per heavy atom. The average molecular weight is 389 g/mol. The molecule has 9 nitrogen and oxygen atoms in total. The number of rotatable bonds is 8. The molecule has 3 rings (SSSR count). The van der Waals surface area contributed by atoms with Crippen molar-refractivity contribution in [2.45, 2.75) is 52.0 Å². The number of aromatic nitrogens is 4. The van der Waals surface area contributed by atoms with Crippen LogP contribution in [-0.4, -0.2) is 51.9 Å². The number of esters is 2. The van der Waals surface area contributed by atoms with Crippen LogP contribution < -0.4 is 5.32 Å². The predicted octanol–water partition coefficient (Wildman–Crippen LogP) is 2.31. The van der Waals surface area contributed by atoms with Crippen LogP contribution in [0.2, 0.25) is 0 Å². The molecule has 1 aliphatic rings. The fourth-order valence-electron chi connectivity index (χ4n) is 3.84. The molecular weight excluding hydrogens is 362 g/mol. The van der Waals surface area contributed by atoms with E-state index in [2.05, 4.69) is 20.4 Å². The second-order valence-electron chi connectivity index (χ2n) is 7.23. The molecule has 2 heterocycles. The number of anilines is 1. The molecule has 1 aliphatic carbocycles. The maximum atomic E-state index is 12.1. The van der Waals surface area contributed by atoms with Crippen LogP contribution in [0.5, 0.6) is 0 Å². The molecule has 0 aliphatic heterocycles. The molecule has 28 heavy (non-hydrogen) atoms. The summed E-state index contributed by atoms with van der Waals surface area (Å²) in [6.45, 7) is 2.84. The third kappa shape index (κ3) is 4.58. The van der Waals surface area contributed by atoms with Crippen LogP contribution in [0, 0.1) is 5.41 Å². The van der Waals surface area contributed by atoms with Gasteiger partial charge in [-0.05, 0) is 25.2 Å². The van der Waals surface area contributed by atoms with Crippen molar-refractivity contribution in [3.63, 3.8) is 0 Å². The Balaban J connectivity index is 1.77. The van der Waals surface area contributed by atoms with Crippen LogP contribution >= 0.6 is 0 Å². The van der Waals surface area contributed by atoms with Gasteiger partial charge in [0.2, 0.25) is 0 Å². The van der Waals surface area contributed by atoms with Gasteiger partial charge in [0.05, 0.1) is 31.7 Å². The average Bonchev–Trinajstić information content (AvgIpc) is 3.10. The number of methoxy groups -OCH3 is 1. The first-order valence-electron chi connectivity index (χ1n) is 9.70. The predicted molar refractivity (Wildman–Crippen MR) is 103 cm³/mol. The highest BCUT2D eigenvalue weighted by Gasteiger charge is 2.35. The second kappa shape index (κ2) is 8.99. The first-order chi connectivity index (χ1) is 13.6. The van der Waals surface area contributed by atoms with E-state index < -0.39 is 5.97 Å². The highest BCUT2D eigenvalue weighted by Crippen LogP contribution is 2.40. The molecule has 2 aromatic rings. The molecule has 0 atom stereocenters. The Labute approximate surface area is 163 Å². The van der Waals surface area contributed by atoms with Gasteiger partial charge in [-0.15, -0.1) is 0 Å². The van der Waals surface area contributed by atoms with Crippen molar-refractivity contribution < 1.29 is 19.1 Å². The van der Waals surface area contributed by atoms with Crippen molar-refractivity contribution in [3.05, 3.63) is 12.5 Å². The summed E-state index contributed by atoms with van der Waals surface area (Å²) in [6.07, 6.45) is 8.86. The minimum Gasteiger partial charge on any atom is -0.468 e. The number of hydrogen-bond donors (Lipinski definition) is 1. The smallest absolute Gasteiger partial charge is 0.327 e. The lowest BCUT2D eigenvalue weighted by Gasteiger charge is -2.36. The van der Waals surface area contributed by atoms with Crippen molar-refractivity contribution >= 4 is 28.8 Å². The minimum absolute atomic E-state index is 0.0107. The Kier molecular flexibility index (Phi) is 6.43. The van der Waals surface area contributed by atoms with Gasteiger partial charge in [-0.2, -0.15) is 5.10 Å². The van der Waals surface area contributed by atoms with Gasteiger partial charge in [-0.25, -0.2) is 14.6 Å². The molecule has 0 saturated heterocycles. The van der Waals surface area contributed by atoms with Crippen molar-refractivity contribution in [2.75, 3.05) is 25.6 Å².